The lowest BCUT2D eigenvalue weighted by atomic mass is 9.89. The van der Waals surface area contributed by atoms with Gasteiger partial charge in [0.2, 0.25) is 0 Å². The zero-order valence-electron chi connectivity index (χ0n) is 16.1. The van der Waals surface area contributed by atoms with Gasteiger partial charge in [0.15, 0.2) is 0 Å². The molecule has 0 radical (unpaired) electrons. The summed E-state index contributed by atoms with van der Waals surface area (Å²) >= 11 is 0. The summed E-state index contributed by atoms with van der Waals surface area (Å²) in [5, 5.41) is 13.4. The molecule has 4 rings (SSSR count). The van der Waals surface area contributed by atoms with E-state index in [1.807, 2.05) is 24.9 Å². The van der Waals surface area contributed by atoms with E-state index in [0.29, 0.717) is 24.6 Å². The molecular weight excluding hydrogens is 354 g/mol. The first-order valence-electron chi connectivity index (χ1n) is 9.50. The molecule has 0 saturated carbocycles. The molecular formula is C22H23N3O3. The number of aromatic nitrogens is 2. The highest BCUT2D eigenvalue weighted by Gasteiger charge is 2.25. The highest BCUT2D eigenvalue weighted by Crippen LogP contribution is 2.32. The summed E-state index contributed by atoms with van der Waals surface area (Å²) in [4.78, 5) is 19.0. The lowest BCUT2D eigenvalue weighted by Gasteiger charge is -2.32. The van der Waals surface area contributed by atoms with E-state index in [-0.39, 0.29) is 11.7 Å². The maximum absolute atomic E-state index is 12.7. The summed E-state index contributed by atoms with van der Waals surface area (Å²) in [5.41, 5.74) is 4.54. The van der Waals surface area contributed by atoms with Crippen LogP contribution in [-0.2, 0) is 0 Å². The summed E-state index contributed by atoms with van der Waals surface area (Å²) in [5.74, 6) is 1.36. The molecule has 3 heterocycles. The van der Waals surface area contributed by atoms with Crippen LogP contribution in [-0.4, -0.2) is 39.1 Å². The average Bonchev–Trinajstić information content (AvgIpc) is 3.06. The van der Waals surface area contributed by atoms with Crippen LogP contribution in [0.3, 0.4) is 0 Å². The molecule has 1 amide bonds. The smallest absolute Gasteiger partial charge is 0.253 e. The van der Waals surface area contributed by atoms with Crippen LogP contribution in [0.4, 0.5) is 0 Å². The largest absolute Gasteiger partial charge is 0.508 e. The van der Waals surface area contributed by atoms with Gasteiger partial charge >= 0.3 is 0 Å². The number of pyridine rings is 1. The SMILES string of the molecule is Cc1noc(C)c1-c1cc(C2CCN(C(=O)c3ccc(O)cc3)CC2)ccn1. The van der Waals surface area contributed by atoms with E-state index in [1.165, 1.54) is 5.56 Å². The molecule has 0 bridgehead atoms. The Balaban J connectivity index is 1.46. The molecule has 0 aliphatic carbocycles. The van der Waals surface area contributed by atoms with Crippen LogP contribution in [0.2, 0.25) is 0 Å². The Morgan fingerprint density at radius 2 is 1.86 bits per heavy atom. The first kappa shape index (κ1) is 18.2. The molecule has 1 N–H and O–H groups in total. The van der Waals surface area contributed by atoms with Gasteiger partial charge in [-0.25, -0.2) is 0 Å². The number of carbonyl (C=O) groups excluding carboxylic acids is 1. The Bertz CT molecular complexity index is 967. The number of aromatic hydroxyl groups is 1. The standard InChI is InChI=1S/C22H23N3O3/c1-14-21(15(2)28-24-14)20-13-18(7-10-23-20)16-8-11-25(12-9-16)22(27)17-3-5-19(26)6-4-17/h3-7,10,13,16,26H,8-9,11-12H2,1-2H3. The Morgan fingerprint density at radius 1 is 1.14 bits per heavy atom. The summed E-state index contributed by atoms with van der Waals surface area (Å²) in [7, 11) is 0. The van der Waals surface area contributed by atoms with Crippen LogP contribution in [0.25, 0.3) is 11.3 Å². The first-order chi connectivity index (χ1) is 13.5. The first-order valence-corrected chi connectivity index (χ1v) is 9.50. The number of amides is 1. The van der Waals surface area contributed by atoms with Crippen LogP contribution in [0.1, 0.15) is 46.1 Å². The van der Waals surface area contributed by atoms with Gasteiger partial charge in [-0.15, -0.1) is 0 Å². The van der Waals surface area contributed by atoms with Crippen molar-refractivity contribution in [1.82, 2.24) is 15.0 Å². The molecule has 28 heavy (non-hydrogen) atoms. The fourth-order valence-corrected chi connectivity index (χ4v) is 3.89. The van der Waals surface area contributed by atoms with E-state index >= 15 is 0 Å². The molecule has 1 aliphatic rings. The third-order valence-corrected chi connectivity index (χ3v) is 5.44. The Hall–Kier alpha value is -3.15. The number of nitrogens with zero attached hydrogens (tertiary/aromatic N) is 3. The normalized spacial score (nSPS) is 15.0. The predicted octanol–water partition coefficient (Wildman–Crippen LogP) is 4.08. The highest BCUT2D eigenvalue weighted by atomic mass is 16.5. The van der Waals surface area contributed by atoms with Crippen molar-refractivity contribution in [2.45, 2.75) is 32.6 Å². The topological polar surface area (TPSA) is 79.5 Å². The fraction of sp³-hybridized carbons (Fsp3) is 0.318. The van der Waals surface area contributed by atoms with E-state index in [4.69, 9.17) is 4.52 Å². The van der Waals surface area contributed by atoms with Crippen molar-refractivity contribution in [3.63, 3.8) is 0 Å². The zero-order chi connectivity index (χ0) is 19.7. The minimum absolute atomic E-state index is 0.0181. The van der Waals surface area contributed by atoms with Gasteiger partial charge in [-0.1, -0.05) is 5.16 Å². The lowest BCUT2D eigenvalue weighted by Crippen LogP contribution is -2.37. The van der Waals surface area contributed by atoms with Crippen molar-refractivity contribution in [2.75, 3.05) is 13.1 Å². The zero-order valence-corrected chi connectivity index (χ0v) is 16.1. The fourth-order valence-electron chi connectivity index (χ4n) is 3.89. The van der Waals surface area contributed by atoms with Gasteiger partial charge < -0.3 is 14.5 Å². The Labute approximate surface area is 163 Å². The number of likely N-dealkylation sites (tertiary alicyclic amines) is 1. The van der Waals surface area contributed by atoms with Crippen molar-refractivity contribution in [3.8, 4) is 17.0 Å². The summed E-state index contributed by atoms with van der Waals surface area (Å²) in [6.07, 6.45) is 3.66. The number of phenolic OH excluding ortho intramolecular Hbond substituents is 1. The predicted molar refractivity (Wildman–Crippen MR) is 105 cm³/mol. The highest BCUT2D eigenvalue weighted by molar-refractivity contribution is 5.94. The van der Waals surface area contributed by atoms with Gasteiger partial charge in [0, 0.05) is 24.8 Å². The molecule has 6 nitrogen and oxygen atoms in total. The maximum Gasteiger partial charge on any atom is 0.253 e. The summed E-state index contributed by atoms with van der Waals surface area (Å²) in [6.45, 7) is 5.26. The van der Waals surface area contributed by atoms with Crippen LogP contribution >= 0.6 is 0 Å². The van der Waals surface area contributed by atoms with Crippen molar-refractivity contribution < 1.29 is 14.4 Å². The third-order valence-electron chi connectivity index (χ3n) is 5.44. The summed E-state index contributed by atoms with van der Waals surface area (Å²) in [6, 6.07) is 10.6. The van der Waals surface area contributed by atoms with E-state index in [9.17, 15) is 9.90 Å². The monoisotopic (exact) mass is 377 g/mol. The number of phenols is 1. The third kappa shape index (κ3) is 3.50. The number of carbonyl (C=O) groups is 1. The van der Waals surface area contributed by atoms with Crippen molar-refractivity contribution in [1.29, 1.82) is 0 Å². The Morgan fingerprint density at radius 3 is 2.50 bits per heavy atom. The van der Waals surface area contributed by atoms with Crippen molar-refractivity contribution in [3.05, 3.63) is 65.2 Å². The second kappa shape index (κ2) is 7.46. The molecule has 1 fully saturated rings. The van der Waals surface area contributed by atoms with E-state index in [2.05, 4.69) is 22.3 Å². The number of aryl methyl sites for hydroxylation is 2. The lowest BCUT2D eigenvalue weighted by molar-refractivity contribution is 0.0713. The van der Waals surface area contributed by atoms with Crippen LogP contribution in [0.5, 0.6) is 5.75 Å². The van der Waals surface area contributed by atoms with Gasteiger partial charge in [0.1, 0.15) is 11.5 Å². The van der Waals surface area contributed by atoms with Crippen LogP contribution in [0, 0.1) is 13.8 Å². The number of hydrogen-bond acceptors (Lipinski definition) is 5. The minimum Gasteiger partial charge on any atom is -0.508 e. The molecule has 6 heteroatoms. The number of benzene rings is 1. The number of rotatable bonds is 3. The van der Waals surface area contributed by atoms with E-state index in [1.54, 1.807) is 24.3 Å². The van der Waals surface area contributed by atoms with Gasteiger partial charge in [-0.3, -0.25) is 9.78 Å². The molecule has 0 spiro atoms. The Kier molecular flexibility index (Phi) is 4.86. The second-order valence-electron chi connectivity index (χ2n) is 7.29. The van der Waals surface area contributed by atoms with Gasteiger partial charge in [0.05, 0.1) is 17.0 Å². The maximum atomic E-state index is 12.7. The quantitative estimate of drug-likeness (QED) is 0.744. The number of hydrogen-bond donors (Lipinski definition) is 1. The van der Waals surface area contributed by atoms with Crippen molar-refractivity contribution >= 4 is 5.91 Å². The molecule has 1 saturated heterocycles. The van der Waals surface area contributed by atoms with Gasteiger partial charge in [0.25, 0.3) is 5.91 Å². The molecule has 1 aromatic carbocycles. The average molecular weight is 377 g/mol. The second-order valence-corrected chi connectivity index (χ2v) is 7.29. The molecule has 3 aromatic rings. The number of piperidine rings is 1. The molecule has 0 atom stereocenters. The van der Waals surface area contributed by atoms with E-state index < -0.39 is 0 Å². The molecule has 144 valence electrons. The van der Waals surface area contributed by atoms with Gasteiger partial charge in [-0.2, -0.15) is 0 Å². The van der Waals surface area contributed by atoms with Crippen molar-refractivity contribution in [2.24, 2.45) is 0 Å². The van der Waals surface area contributed by atoms with Gasteiger partial charge in [-0.05, 0) is 74.6 Å². The van der Waals surface area contributed by atoms with Crippen LogP contribution < -0.4 is 0 Å². The molecule has 2 aromatic heterocycles. The molecule has 0 unspecified atom stereocenters. The molecule has 1 aliphatic heterocycles. The van der Waals surface area contributed by atoms with Crippen LogP contribution in [0.15, 0.2) is 47.1 Å². The van der Waals surface area contributed by atoms with E-state index in [0.717, 1.165) is 35.6 Å². The summed E-state index contributed by atoms with van der Waals surface area (Å²) < 4.78 is 5.28. The minimum atomic E-state index is 0.0181.